The summed E-state index contributed by atoms with van der Waals surface area (Å²) in [5.41, 5.74) is 8.30. The van der Waals surface area contributed by atoms with Crippen molar-refractivity contribution in [2.24, 2.45) is 5.73 Å². The van der Waals surface area contributed by atoms with E-state index >= 15 is 0 Å². The molecule has 0 heterocycles. The van der Waals surface area contributed by atoms with Crippen molar-refractivity contribution in [3.8, 4) is 0 Å². The number of anilines is 1. The van der Waals surface area contributed by atoms with E-state index < -0.39 is 0 Å². The van der Waals surface area contributed by atoms with E-state index in [9.17, 15) is 0 Å². The van der Waals surface area contributed by atoms with Gasteiger partial charge in [0.15, 0.2) is 0 Å². The molecular weight excluding hydrogens is 216 g/mol. The molecule has 0 aromatic heterocycles. The Morgan fingerprint density at radius 1 is 1.38 bits per heavy atom. The van der Waals surface area contributed by atoms with Gasteiger partial charge in [0.25, 0.3) is 0 Å². The van der Waals surface area contributed by atoms with Gasteiger partial charge in [0.05, 0.1) is 0 Å². The summed E-state index contributed by atoms with van der Waals surface area (Å²) < 4.78 is 0. The molecule has 0 bridgehead atoms. The van der Waals surface area contributed by atoms with Crippen molar-refractivity contribution >= 4 is 17.4 Å². The van der Waals surface area contributed by atoms with Gasteiger partial charge in [-0.1, -0.05) is 18.2 Å². The largest absolute Gasteiger partial charge is 0.371 e. The van der Waals surface area contributed by atoms with Crippen LogP contribution in [0, 0.1) is 0 Å². The highest BCUT2D eigenvalue weighted by molar-refractivity contribution is 7.98. The maximum atomic E-state index is 5.64. The summed E-state index contributed by atoms with van der Waals surface area (Å²) in [5, 5.41) is 0. The smallest absolute Gasteiger partial charge is 0.0399 e. The van der Waals surface area contributed by atoms with Crippen molar-refractivity contribution in [3.63, 3.8) is 0 Å². The molecule has 0 saturated carbocycles. The van der Waals surface area contributed by atoms with Crippen LogP contribution in [0.2, 0.25) is 0 Å². The van der Waals surface area contributed by atoms with Crippen LogP contribution in [0.5, 0.6) is 0 Å². The van der Waals surface area contributed by atoms with E-state index in [1.807, 2.05) is 11.8 Å². The third kappa shape index (κ3) is 3.42. The fraction of sp³-hybridized carbons (Fsp3) is 0.538. The van der Waals surface area contributed by atoms with Crippen molar-refractivity contribution in [1.82, 2.24) is 0 Å². The first-order valence-electron chi connectivity index (χ1n) is 5.70. The van der Waals surface area contributed by atoms with Gasteiger partial charge >= 0.3 is 0 Å². The Balaban J connectivity index is 2.84. The fourth-order valence-corrected chi connectivity index (χ4v) is 2.52. The van der Waals surface area contributed by atoms with Crippen LogP contribution in [0.1, 0.15) is 12.5 Å². The van der Waals surface area contributed by atoms with Gasteiger partial charge < -0.3 is 10.6 Å². The molecule has 2 nitrogen and oxygen atoms in total. The van der Waals surface area contributed by atoms with Gasteiger partial charge in [-0.05, 0) is 37.8 Å². The van der Waals surface area contributed by atoms with Crippen molar-refractivity contribution in [1.29, 1.82) is 0 Å². The highest BCUT2D eigenvalue weighted by Crippen LogP contribution is 2.22. The van der Waals surface area contributed by atoms with E-state index in [0.29, 0.717) is 12.6 Å². The normalized spacial score (nSPS) is 12.5. The molecule has 1 aromatic carbocycles. The van der Waals surface area contributed by atoms with Crippen molar-refractivity contribution in [2.75, 3.05) is 30.5 Å². The first-order chi connectivity index (χ1) is 7.70. The Hall–Kier alpha value is -0.670. The maximum Gasteiger partial charge on any atom is 0.0399 e. The lowest BCUT2D eigenvalue weighted by atomic mass is 10.1. The van der Waals surface area contributed by atoms with E-state index in [4.69, 9.17) is 5.73 Å². The lowest BCUT2D eigenvalue weighted by Gasteiger charge is -2.28. The Labute approximate surface area is 103 Å². The fourth-order valence-electron chi connectivity index (χ4n) is 1.81. The molecule has 2 N–H and O–H groups in total. The van der Waals surface area contributed by atoms with E-state index in [1.54, 1.807) is 0 Å². The predicted molar refractivity (Wildman–Crippen MR) is 75.4 cm³/mol. The Bertz CT molecular complexity index is 315. The number of hydrogen-bond acceptors (Lipinski definition) is 3. The van der Waals surface area contributed by atoms with Crippen LogP contribution in [0.4, 0.5) is 5.69 Å². The second kappa shape index (κ2) is 6.81. The Morgan fingerprint density at radius 3 is 2.69 bits per heavy atom. The number of nitrogens with zero attached hydrogens (tertiary/aromatic N) is 1. The first kappa shape index (κ1) is 13.4. The molecular formula is C13H22N2S. The van der Waals surface area contributed by atoms with Crippen LogP contribution < -0.4 is 10.6 Å². The summed E-state index contributed by atoms with van der Waals surface area (Å²) in [6.45, 7) is 2.97. The van der Waals surface area contributed by atoms with Crippen LogP contribution in [0.3, 0.4) is 0 Å². The minimum atomic E-state index is 0.550. The minimum absolute atomic E-state index is 0.550. The zero-order valence-electron chi connectivity index (χ0n) is 10.4. The Morgan fingerprint density at radius 2 is 2.06 bits per heavy atom. The molecule has 0 fully saturated rings. The molecule has 0 amide bonds. The highest BCUT2D eigenvalue weighted by Gasteiger charge is 2.12. The molecule has 0 aliphatic heterocycles. The van der Waals surface area contributed by atoms with Gasteiger partial charge in [-0.2, -0.15) is 11.8 Å². The van der Waals surface area contributed by atoms with Crippen LogP contribution in [0.25, 0.3) is 0 Å². The van der Waals surface area contributed by atoms with Gasteiger partial charge in [0.1, 0.15) is 0 Å². The second-order valence-corrected chi connectivity index (χ2v) is 4.99. The van der Waals surface area contributed by atoms with Crippen molar-refractivity contribution in [3.05, 3.63) is 29.8 Å². The first-order valence-corrected chi connectivity index (χ1v) is 7.09. The Kier molecular flexibility index (Phi) is 5.71. The van der Waals surface area contributed by atoms with E-state index in [-0.39, 0.29) is 0 Å². The van der Waals surface area contributed by atoms with Gasteiger partial charge in [-0.3, -0.25) is 0 Å². The summed E-state index contributed by atoms with van der Waals surface area (Å²) in [4.78, 5) is 2.35. The van der Waals surface area contributed by atoms with Gasteiger partial charge in [-0.15, -0.1) is 0 Å². The molecule has 1 aromatic rings. The van der Waals surface area contributed by atoms with E-state index in [2.05, 4.69) is 49.4 Å². The zero-order valence-corrected chi connectivity index (χ0v) is 11.3. The van der Waals surface area contributed by atoms with Crippen molar-refractivity contribution in [2.45, 2.75) is 19.4 Å². The second-order valence-electron chi connectivity index (χ2n) is 4.08. The molecule has 0 saturated heterocycles. The van der Waals surface area contributed by atoms with Crippen LogP contribution in [-0.4, -0.2) is 31.6 Å². The summed E-state index contributed by atoms with van der Waals surface area (Å²) in [6, 6.07) is 9.08. The van der Waals surface area contributed by atoms with Gasteiger partial charge in [0.2, 0.25) is 0 Å². The lowest BCUT2D eigenvalue weighted by molar-refractivity contribution is 0.759. The summed E-state index contributed by atoms with van der Waals surface area (Å²) >= 11 is 1.89. The summed E-state index contributed by atoms with van der Waals surface area (Å²) in [6.07, 6.45) is 3.10. The summed E-state index contributed by atoms with van der Waals surface area (Å²) in [7, 11) is 2.16. The van der Waals surface area contributed by atoms with Crippen LogP contribution in [-0.2, 0) is 6.42 Å². The molecule has 0 aliphatic carbocycles. The number of hydrogen-bond donors (Lipinski definition) is 1. The molecule has 90 valence electrons. The molecule has 1 atom stereocenters. The SMILES string of the molecule is CSCC(C)N(C)c1ccccc1CCN. The van der Waals surface area contributed by atoms with Crippen molar-refractivity contribution < 1.29 is 0 Å². The third-order valence-electron chi connectivity index (χ3n) is 2.85. The predicted octanol–water partition coefficient (Wildman–Crippen LogP) is 2.38. The minimum Gasteiger partial charge on any atom is -0.371 e. The average molecular weight is 238 g/mol. The van der Waals surface area contributed by atoms with Gasteiger partial charge in [-0.25, -0.2) is 0 Å². The summed E-state index contributed by atoms with van der Waals surface area (Å²) in [5.74, 6) is 1.15. The van der Waals surface area contributed by atoms with E-state index in [0.717, 1.165) is 12.2 Å². The average Bonchev–Trinajstić information content (AvgIpc) is 2.29. The number of benzene rings is 1. The molecule has 0 radical (unpaired) electrons. The molecule has 16 heavy (non-hydrogen) atoms. The third-order valence-corrected chi connectivity index (χ3v) is 3.67. The van der Waals surface area contributed by atoms with E-state index in [1.165, 1.54) is 11.3 Å². The molecule has 3 heteroatoms. The van der Waals surface area contributed by atoms with Gasteiger partial charge in [0, 0.05) is 24.5 Å². The lowest BCUT2D eigenvalue weighted by Crippen LogP contribution is -2.31. The van der Waals surface area contributed by atoms with Crippen LogP contribution >= 0.6 is 11.8 Å². The zero-order chi connectivity index (χ0) is 12.0. The quantitative estimate of drug-likeness (QED) is 0.825. The molecule has 1 rings (SSSR count). The number of thioether (sulfide) groups is 1. The molecule has 0 aliphatic rings. The molecule has 0 spiro atoms. The number of para-hydroxylation sites is 1. The highest BCUT2D eigenvalue weighted by atomic mass is 32.2. The topological polar surface area (TPSA) is 29.3 Å². The van der Waals surface area contributed by atoms with Crippen LogP contribution in [0.15, 0.2) is 24.3 Å². The maximum absolute atomic E-state index is 5.64. The number of rotatable bonds is 6. The molecule has 1 unspecified atom stereocenters. The monoisotopic (exact) mass is 238 g/mol. The standard InChI is InChI=1S/C13H22N2S/c1-11(10-16-3)15(2)13-7-5-4-6-12(13)8-9-14/h4-7,11H,8-10,14H2,1-3H3. The number of nitrogens with two attached hydrogens (primary N) is 1.